The molecule has 11 heteroatoms. The standard InChI is InChI=1S/C23H25N3O8/c1-31-16-9-7-15(8-10-16)24-19(27)13-34-23(30)14-11-20(28)26(12-14)25-22(29)21-17(32-2)5-4-6-18(21)33-3/h4-10,14H,11-13H2,1-3H3,(H,24,27)(H,25,29)/t14-/m1/s1. The number of ether oxygens (including phenoxy) is 4. The van der Waals surface area contributed by atoms with Gasteiger partial charge in [0.25, 0.3) is 11.8 Å². The molecule has 1 aliphatic heterocycles. The van der Waals surface area contributed by atoms with Crippen molar-refractivity contribution >= 4 is 29.4 Å². The molecule has 0 aromatic heterocycles. The third kappa shape index (κ3) is 5.74. The summed E-state index contributed by atoms with van der Waals surface area (Å²) in [4.78, 5) is 49.6. The minimum atomic E-state index is -0.832. The molecule has 0 spiro atoms. The largest absolute Gasteiger partial charge is 0.497 e. The monoisotopic (exact) mass is 471 g/mol. The zero-order valence-electron chi connectivity index (χ0n) is 19.0. The number of hydrogen-bond donors (Lipinski definition) is 2. The number of amides is 3. The van der Waals surface area contributed by atoms with E-state index in [4.69, 9.17) is 18.9 Å². The zero-order chi connectivity index (χ0) is 24.7. The summed E-state index contributed by atoms with van der Waals surface area (Å²) in [5.74, 6) is -2.01. The van der Waals surface area contributed by atoms with Gasteiger partial charge in [-0.25, -0.2) is 0 Å². The topological polar surface area (TPSA) is 132 Å². The highest BCUT2D eigenvalue weighted by atomic mass is 16.5. The predicted molar refractivity (Wildman–Crippen MR) is 119 cm³/mol. The first-order chi connectivity index (χ1) is 16.4. The molecule has 0 radical (unpaired) electrons. The smallest absolute Gasteiger partial charge is 0.311 e. The molecule has 2 N–H and O–H groups in total. The Morgan fingerprint density at radius 3 is 2.21 bits per heavy atom. The molecular formula is C23H25N3O8. The number of anilines is 1. The molecule has 0 saturated carbocycles. The van der Waals surface area contributed by atoms with Crippen molar-refractivity contribution < 1.29 is 38.1 Å². The van der Waals surface area contributed by atoms with Gasteiger partial charge in [-0.05, 0) is 36.4 Å². The molecule has 3 amide bonds. The van der Waals surface area contributed by atoms with Crippen molar-refractivity contribution in [2.75, 3.05) is 39.8 Å². The fourth-order valence-corrected chi connectivity index (χ4v) is 3.35. The molecule has 0 aliphatic carbocycles. The molecule has 0 unspecified atom stereocenters. The van der Waals surface area contributed by atoms with Crippen LogP contribution in [0.5, 0.6) is 17.2 Å². The SMILES string of the molecule is COc1ccc(NC(=O)COC(=O)[C@@H]2CC(=O)N(NC(=O)c3c(OC)cccc3OC)C2)cc1. The third-order valence-electron chi connectivity index (χ3n) is 5.07. The highest BCUT2D eigenvalue weighted by molar-refractivity contribution is 6.01. The van der Waals surface area contributed by atoms with Gasteiger partial charge in [0.05, 0.1) is 33.8 Å². The minimum Gasteiger partial charge on any atom is -0.497 e. The Morgan fingerprint density at radius 2 is 1.62 bits per heavy atom. The summed E-state index contributed by atoms with van der Waals surface area (Å²) in [7, 11) is 4.34. The number of methoxy groups -OCH3 is 3. The fourth-order valence-electron chi connectivity index (χ4n) is 3.35. The molecule has 3 rings (SSSR count). The lowest BCUT2D eigenvalue weighted by Gasteiger charge is -2.19. The van der Waals surface area contributed by atoms with Crippen LogP contribution in [0.4, 0.5) is 5.69 Å². The Labute approximate surface area is 195 Å². The zero-order valence-corrected chi connectivity index (χ0v) is 19.0. The second-order valence-electron chi connectivity index (χ2n) is 7.27. The van der Waals surface area contributed by atoms with Crippen molar-refractivity contribution in [2.24, 2.45) is 5.92 Å². The van der Waals surface area contributed by atoms with E-state index < -0.39 is 36.2 Å². The van der Waals surface area contributed by atoms with Crippen molar-refractivity contribution in [3.8, 4) is 17.2 Å². The van der Waals surface area contributed by atoms with Crippen LogP contribution in [-0.2, 0) is 19.1 Å². The van der Waals surface area contributed by atoms with Gasteiger partial charge in [-0.3, -0.25) is 29.6 Å². The molecule has 34 heavy (non-hydrogen) atoms. The van der Waals surface area contributed by atoms with Gasteiger partial charge in [-0.15, -0.1) is 0 Å². The van der Waals surface area contributed by atoms with Crippen molar-refractivity contribution in [1.82, 2.24) is 10.4 Å². The van der Waals surface area contributed by atoms with E-state index in [1.807, 2.05) is 0 Å². The number of nitrogens with zero attached hydrogens (tertiary/aromatic N) is 1. The van der Waals surface area contributed by atoms with Gasteiger partial charge < -0.3 is 24.3 Å². The van der Waals surface area contributed by atoms with Crippen molar-refractivity contribution in [1.29, 1.82) is 0 Å². The molecule has 1 fully saturated rings. The summed E-state index contributed by atoms with van der Waals surface area (Å²) in [5, 5.41) is 3.63. The van der Waals surface area contributed by atoms with E-state index in [0.717, 1.165) is 5.01 Å². The Balaban J connectivity index is 1.53. The number of carbonyl (C=O) groups is 4. The summed E-state index contributed by atoms with van der Waals surface area (Å²) in [5.41, 5.74) is 3.10. The quantitative estimate of drug-likeness (QED) is 0.525. The summed E-state index contributed by atoms with van der Waals surface area (Å²) in [6, 6.07) is 11.5. The van der Waals surface area contributed by atoms with E-state index in [9.17, 15) is 19.2 Å². The van der Waals surface area contributed by atoms with Gasteiger partial charge in [0, 0.05) is 12.1 Å². The van der Waals surface area contributed by atoms with Crippen LogP contribution in [0.15, 0.2) is 42.5 Å². The Kier molecular flexibility index (Phi) is 7.91. The number of benzene rings is 2. The number of nitrogens with one attached hydrogen (secondary N) is 2. The number of carbonyl (C=O) groups excluding carboxylic acids is 4. The molecule has 180 valence electrons. The van der Waals surface area contributed by atoms with E-state index in [1.165, 1.54) is 21.3 Å². The van der Waals surface area contributed by atoms with Crippen LogP contribution in [0.25, 0.3) is 0 Å². The molecule has 2 aromatic carbocycles. The molecule has 1 heterocycles. The van der Waals surface area contributed by atoms with Crippen LogP contribution in [-0.4, -0.2) is 63.2 Å². The van der Waals surface area contributed by atoms with Gasteiger partial charge in [0.15, 0.2) is 6.61 Å². The maximum absolute atomic E-state index is 12.8. The van der Waals surface area contributed by atoms with Gasteiger partial charge in [-0.1, -0.05) is 6.07 Å². The Morgan fingerprint density at radius 1 is 0.971 bits per heavy atom. The van der Waals surface area contributed by atoms with Crippen LogP contribution >= 0.6 is 0 Å². The van der Waals surface area contributed by atoms with E-state index in [2.05, 4.69) is 10.7 Å². The lowest BCUT2D eigenvalue weighted by Crippen LogP contribution is -2.43. The van der Waals surface area contributed by atoms with Crippen LogP contribution in [0, 0.1) is 5.92 Å². The highest BCUT2D eigenvalue weighted by Crippen LogP contribution is 2.28. The Bertz CT molecular complexity index is 1050. The number of rotatable bonds is 9. The summed E-state index contributed by atoms with van der Waals surface area (Å²) in [6.45, 7) is -0.610. The average molecular weight is 471 g/mol. The van der Waals surface area contributed by atoms with Crippen molar-refractivity contribution in [2.45, 2.75) is 6.42 Å². The van der Waals surface area contributed by atoms with Crippen molar-refractivity contribution in [3.63, 3.8) is 0 Å². The van der Waals surface area contributed by atoms with Crippen LogP contribution < -0.4 is 25.0 Å². The highest BCUT2D eigenvalue weighted by Gasteiger charge is 2.37. The van der Waals surface area contributed by atoms with Crippen LogP contribution in [0.1, 0.15) is 16.8 Å². The van der Waals surface area contributed by atoms with E-state index in [-0.39, 0.29) is 30.0 Å². The van der Waals surface area contributed by atoms with E-state index in [0.29, 0.717) is 11.4 Å². The summed E-state index contributed by atoms with van der Waals surface area (Å²) < 4.78 is 20.5. The first-order valence-electron chi connectivity index (χ1n) is 10.3. The molecule has 1 aliphatic rings. The van der Waals surface area contributed by atoms with Gasteiger partial charge in [-0.2, -0.15) is 0 Å². The maximum atomic E-state index is 12.8. The molecule has 2 aromatic rings. The lowest BCUT2D eigenvalue weighted by atomic mass is 10.1. The van der Waals surface area contributed by atoms with Gasteiger partial charge in [0.1, 0.15) is 22.8 Å². The van der Waals surface area contributed by atoms with Crippen molar-refractivity contribution in [3.05, 3.63) is 48.0 Å². The first-order valence-corrected chi connectivity index (χ1v) is 10.3. The first kappa shape index (κ1) is 24.4. The molecule has 0 bridgehead atoms. The molecular weight excluding hydrogens is 446 g/mol. The third-order valence-corrected chi connectivity index (χ3v) is 5.07. The van der Waals surface area contributed by atoms with Crippen LogP contribution in [0.3, 0.4) is 0 Å². The normalized spacial score (nSPS) is 14.9. The fraction of sp³-hybridized carbons (Fsp3) is 0.304. The maximum Gasteiger partial charge on any atom is 0.311 e. The van der Waals surface area contributed by atoms with E-state index >= 15 is 0 Å². The number of hydrazine groups is 1. The van der Waals surface area contributed by atoms with Crippen LogP contribution in [0.2, 0.25) is 0 Å². The second-order valence-corrected chi connectivity index (χ2v) is 7.27. The second kappa shape index (κ2) is 11.0. The Hall–Kier alpha value is -4.28. The lowest BCUT2D eigenvalue weighted by molar-refractivity contribution is -0.151. The number of hydrogen-bond acceptors (Lipinski definition) is 8. The summed E-state index contributed by atoms with van der Waals surface area (Å²) >= 11 is 0. The molecule has 1 saturated heterocycles. The minimum absolute atomic E-state index is 0.0963. The molecule has 1 atom stereocenters. The van der Waals surface area contributed by atoms with E-state index in [1.54, 1.807) is 42.5 Å². The predicted octanol–water partition coefficient (Wildman–Crippen LogP) is 1.39. The van der Waals surface area contributed by atoms with Gasteiger partial charge in [0.2, 0.25) is 5.91 Å². The average Bonchev–Trinajstić information content (AvgIpc) is 3.22. The number of esters is 1. The summed E-state index contributed by atoms with van der Waals surface area (Å²) in [6.07, 6.45) is -0.164. The molecule has 11 nitrogen and oxygen atoms in total. The van der Waals surface area contributed by atoms with Gasteiger partial charge >= 0.3 is 5.97 Å².